The van der Waals surface area contributed by atoms with Crippen molar-refractivity contribution in [1.29, 1.82) is 0 Å². The summed E-state index contributed by atoms with van der Waals surface area (Å²) in [7, 11) is 0. The number of fused-ring (bicyclic) bond motifs is 2. The molecule has 1 atom stereocenters. The molecular weight excluding hydrogens is 385 g/mol. The van der Waals surface area contributed by atoms with E-state index in [0.29, 0.717) is 28.0 Å². The normalized spacial score (nSPS) is 12.4. The maximum Gasteiger partial charge on any atom is 0.347 e. The molecule has 0 spiro atoms. The molecule has 3 aromatic rings. The Labute approximate surface area is 166 Å². The molecule has 1 aromatic carbocycles. The summed E-state index contributed by atoms with van der Waals surface area (Å²) in [6.45, 7) is 3.73. The molecular formula is C21H21ClFNO4. The van der Waals surface area contributed by atoms with E-state index in [1.807, 2.05) is 0 Å². The van der Waals surface area contributed by atoms with Gasteiger partial charge in [0, 0.05) is 5.02 Å². The van der Waals surface area contributed by atoms with Gasteiger partial charge in [-0.1, -0.05) is 31.4 Å². The zero-order valence-electron chi connectivity index (χ0n) is 15.8. The Balaban J connectivity index is 2.20. The van der Waals surface area contributed by atoms with Crippen LogP contribution >= 0.6 is 11.6 Å². The van der Waals surface area contributed by atoms with Crippen molar-refractivity contribution in [1.82, 2.24) is 4.98 Å². The number of unbranched alkanes of at least 4 members (excludes halogenated alkanes) is 2. The van der Waals surface area contributed by atoms with Crippen LogP contribution < -0.4 is 5.43 Å². The highest BCUT2D eigenvalue weighted by Crippen LogP contribution is 2.28. The van der Waals surface area contributed by atoms with Gasteiger partial charge in [0.15, 0.2) is 0 Å². The predicted molar refractivity (Wildman–Crippen MR) is 107 cm³/mol. The number of aromatic nitrogens is 1. The highest BCUT2D eigenvalue weighted by molar-refractivity contribution is 6.31. The molecule has 0 fully saturated rings. The fourth-order valence-electron chi connectivity index (χ4n) is 3.12. The van der Waals surface area contributed by atoms with E-state index in [-0.39, 0.29) is 28.8 Å². The van der Waals surface area contributed by atoms with Crippen LogP contribution in [0.5, 0.6) is 0 Å². The number of benzene rings is 1. The Morgan fingerprint density at radius 1 is 1.25 bits per heavy atom. The number of hydrogen-bond donors (Lipinski definition) is 0. The van der Waals surface area contributed by atoms with Gasteiger partial charge in [0.2, 0.25) is 17.3 Å². The minimum absolute atomic E-state index is 0.0130. The van der Waals surface area contributed by atoms with E-state index < -0.39 is 12.1 Å². The second kappa shape index (κ2) is 8.69. The molecule has 2 heterocycles. The first kappa shape index (κ1) is 20.3. The highest BCUT2D eigenvalue weighted by atomic mass is 35.5. The Bertz CT molecular complexity index is 1080. The number of aryl methyl sites for hydroxylation is 1. The van der Waals surface area contributed by atoms with Crippen LogP contribution in [-0.2, 0) is 16.0 Å². The van der Waals surface area contributed by atoms with E-state index in [9.17, 15) is 14.0 Å². The zero-order chi connectivity index (χ0) is 20.3. The maximum atomic E-state index is 14.8. The summed E-state index contributed by atoms with van der Waals surface area (Å²) in [5, 5.41) is 0.982. The summed E-state index contributed by atoms with van der Waals surface area (Å²) in [4.78, 5) is 29.0. The topological polar surface area (TPSA) is 69.4 Å². The van der Waals surface area contributed by atoms with E-state index in [4.69, 9.17) is 20.8 Å². The summed E-state index contributed by atoms with van der Waals surface area (Å²) >= 11 is 5.99. The molecule has 0 radical (unpaired) electrons. The Morgan fingerprint density at radius 3 is 2.75 bits per heavy atom. The first-order chi connectivity index (χ1) is 13.5. The van der Waals surface area contributed by atoms with E-state index in [1.165, 1.54) is 6.07 Å². The lowest BCUT2D eigenvalue weighted by molar-refractivity contribution is -0.149. The molecule has 7 heteroatoms. The smallest absolute Gasteiger partial charge is 0.347 e. The Kier molecular flexibility index (Phi) is 6.29. The third-order valence-corrected chi connectivity index (χ3v) is 4.76. The van der Waals surface area contributed by atoms with Gasteiger partial charge in [-0.3, -0.25) is 4.79 Å². The average Bonchev–Trinajstić information content (AvgIpc) is 2.68. The van der Waals surface area contributed by atoms with Crippen LogP contribution in [-0.4, -0.2) is 17.6 Å². The molecule has 0 amide bonds. The zero-order valence-corrected chi connectivity index (χ0v) is 16.5. The van der Waals surface area contributed by atoms with Gasteiger partial charge in [-0.2, -0.15) is 0 Å². The van der Waals surface area contributed by atoms with Crippen molar-refractivity contribution in [3.05, 3.63) is 50.8 Å². The van der Waals surface area contributed by atoms with Gasteiger partial charge in [-0.25, -0.2) is 14.2 Å². The van der Waals surface area contributed by atoms with E-state index >= 15 is 0 Å². The number of esters is 1. The molecule has 3 rings (SSSR count). The Hall–Kier alpha value is -2.47. The van der Waals surface area contributed by atoms with Crippen LogP contribution in [0, 0.1) is 0 Å². The summed E-state index contributed by atoms with van der Waals surface area (Å²) in [5.41, 5.74) is 0.446. The molecule has 0 aliphatic carbocycles. The molecule has 5 nitrogen and oxygen atoms in total. The van der Waals surface area contributed by atoms with E-state index in [1.54, 1.807) is 25.1 Å². The molecule has 2 aromatic heterocycles. The molecule has 28 heavy (non-hydrogen) atoms. The number of pyridine rings is 1. The van der Waals surface area contributed by atoms with Crippen LogP contribution in [0.15, 0.2) is 33.5 Å². The number of ether oxygens (including phenoxy) is 1. The molecule has 0 aliphatic heterocycles. The average molecular weight is 406 g/mol. The fourth-order valence-corrected chi connectivity index (χ4v) is 3.29. The van der Waals surface area contributed by atoms with Gasteiger partial charge in [0.1, 0.15) is 5.58 Å². The number of halogens is 2. The predicted octanol–water partition coefficient (Wildman–Crippen LogP) is 5.30. The molecule has 0 saturated heterocycles. The summed E-state index contributed by atoms with van der Waals surface area (Å²) < 4.78 is 25.3. The number of hydrogen-bond acceptors (Lipinski definition) is 5. The largest absolute Gasteiger partial charge is 0.464 e. The van der Waals surface area contributed by atoms with Gasteiger partial charge < -0.3 is 9.15 Å². The summed E-state index contributed by atoms with van der Waals surface area (Å²) in [6.07, 6.45) is 1.18. The van der Waals surface area contributed by atoms with Crippen LogP contribution in [0.25, 0.3) is 22.1 Å². The number of rotatable bonds is 7. The van der Waals surface area contributed by atoms with E-state index in [0.717, 1.165) is 19.3 Å². The van der Waals surface area contributed by atoms with Crippen molar-refractivity contribution in [2.75, 3.05) is 6.61 Å². The minimum Gasteiger partial charge on any atom is -0.464 e. The summed E-state index contributed by atoms with van der Waals surface area (Å²) in [6, 6.07) is 6.26. The highest BCUT2D eigenvalue weighted by Gasteiger charge is 2.27. The van der Waals surface area contributed by atoms with Crippen molar-refractivity contribution in [3.63, 3.8) is 0 Å². The SMILES string of the molecule is CCCCCc1cc2c(=O)c3cc(Cl)ccc3oc2nc1C(F)C(=O)OCC. The second-order valence-corrected chi connectivity index (χ2v) is 6.97. The van der Waals surface area contributed by atoms with Crippen molar-refractivity contribution in [3.8, 4) is 0 Å². The van der Waals surface area contributed by atoms with Gasteiger partial charge in [0.25, 0.3) is 0 Å². The quantitative estimate of drug-likeness (QED) is 0.303. The first-order valence-electron chi connectivity index (χ1n) is 9.32. The van der Waals surface area contributed by atoms with E-state index in [2.05, 4.69) is 11.9 Å². The second-order valence-electron chi connectivity index (χ2n) is 6.53. The molecule has 148 valence electrons. The lowest BCUT2D eigenvalue weighted by atomic mass is 10.0. The van der Waals surface area contributed by atoms with Gasteiger partial charge in [0.05, 0.1) is 23.1 Å². The minimum atomic E-state index is -2.04. The lowest BCUT2D eigenvalue weighted by Crippen LogP contribution is -2.16. The van der Waals surface area contributed by atoms with Gasteiger partial charge in [-0.05, 0) is 49.6 Å². The van der Waals surface area contributed by atoms with Crippen molar-refractivity contribution in [2.24, 2.45) is 0 Å². The molecule has 0 aliphatic rings. The van der Waals surface area contributed by atoms with Crippen LogP contribution in [0.2, 0.25) is 5.02 Å². The van der Waals surface area contributed by atoms with Crippen molar-refractivity contribution >= 4 is 39.6 Å². The number of carbonyl (C=O) groups is 1. The number of alkyl halides is 1. The standard InChI is InChI=1S/C21H21ClFNO4/c1-3-5-6-7-12-10-15-19(25)14-11-13(22)8-9-16(14)28-20(15)24-18(12)17(23)21(26)27-4-2/h8-11,17H,3-7H2,1-2H3. The van der Waals surface area contributed by atoms with Gasteiger partial charge in [-0.15, -0.1) is 0 Å². The molecule has 0 N–H and O–H groups in total. The Morgan fingerprint density at radius 2 is 2.04 bits per heavy atom. The third kappa shape index (κ3) is 4.02. The molecule has 0 bridgehead atoms. The van der Waals surface area contributed by atoms with Gasteiger partial charge >= 0.3 is 5.97 Å². The molecule has 0 saturated carbocycles. The summed E-state index contributed by atoms with van der Waals surface area (Å²) in [5.74, 6) is -0.999. The number of nitrogens with zero attached hydrogens (tertiary/aromatic N) is 1. The third-order valence-electron chi connectivity index (χ3n) is 4.52. The number of carbonyl (C=O) groups excluding carboxylic acids is 1. The maximum absolute atomic E-state index is 14.8. The molecule has 1 unspecified atom stereocenters. The van der Waals surface area contributed by atoms with Crippen LogP contribution in [0.1, 0.15) is 50.5 Å². The monoisotopic (exact) mass is 405 g/mol. The van der Waals surface area contributed by atoms with Crippen LogP contribution in [0.3, 0.4) is 0 Å². The fraction of sp³-hybridized carbons (Fsp3) is 0.381. The van der Waals surface area contributed by atoms with Crippen molar-refractivity contribution in [2.45, 2.75) is 45.7 Å². The lowest BCUT2D eigenvalue weighted by Gasteiger charge is -2.13. The first-order valence-corrected chi connectivity index (χ1v) is 9.70. The van der Waals surface area contributed by atoms with Crippen LogP contribution in [0.4, 0.5) is 4.39 Å². The van der Waals surface area contributed by atoms with Crippen molar-refractivity contribution < 1.29 is 18.3 Å².